The van der Waals surface area contributed by atoms with Crippen LogP contribution < -0.4 is 0 Å². The van der Waals surface area contributed by atoms with Gasteiger partial charge in [-0.1, -0.05) is 44.5 Å². The molecule has 0 unspecified atom stereocenters. The van der Waals surface area contributed by atoms with E-state index in [1.54, 1.807) is 16.4 Å². The van der Waals surface area contributed by atoms with Crippen molar-refractivity contribution in [2.75, 3.05) is 6.54 Å². The van der Waals surface area contributed by atoms with Gasteiger partial charge in [-0.2, -0.15) is 4.31 Å². The highest BCUT2D eigenvalue weighted by molar-refractivity contribution is 7.89. The number of H-pyrrole nitrogens is 1. The van der Waals surface area contributed by atoms with E-state index < -0.39 is 10.0 Å². The average Bonchev–Trinajstić information content (AvgIpc) is 2.98. The molecular weight excluding hydrogens is 356 g/mol. The van der Waals surface area contributed by atoms with Gasteiger partial charge in [-0.3, -0.25) is 0 Å². The fourth-order valence-electron chi connectivity index (χ4n) is 3.72. The topological polar surface area (TPSA) is 53.2 Å². The van der Waals surface area contributed by atoms with Gasteiger partial charge >= 0.3 is 0 Å². The van der Waals surface area contributed by atoms with Gasteiger partial charge in [0, 0.05) is 36.1 Å². The fraction of sp³-hybridized carbons (Fsp3) is 0.364. The zero-order chi connectivity index (χ0) is 19.4. The predicted molar refractivity (Wildman–Crippen MR) is 109 cm³/mol. The zero-order valence-corrected chi connectivity index (χ0v) is 17.2. The van der Waals surface area contributed by atoms with Gasteiger partial charge in [0.25, 0.3) is 0 Å². The maximum absolute atomic E-state index is 13.1. The first-order valence-corrected chi connectivity index (χ1v) is 10.8. The van der Waals surface area contributed by atoms with Crippen molar-refractivity contribution in [2.24, 2.45) is 0 Å². The number of fused-ring (bicyclic) bond motifs is 3. The Kier molecular flexibility index (Phi) is 4.20. The molecule has 3 aromatic rings. The molecule has 2 aromatic carbocycles. The number of benzene rings is 2. The summed E-state index contributed by atoms with van der Waals surface area (Å²) in [5.74, 6) is 0. The smallest absolute Gasteiger partial charge is 0.243 e. The molecule has 0 saturated heterocycles. The second-order valence-electron chi connectivity index (χ2n) is 8.49. The van der Waals surface area contributed by atoms with Crippen LogP contribution >= 0.6 is 0 Å². The Morgan fingerprint density at radius 1 is 1.04 bits per heavy atom. The molecule has 1 aliphatic rings. The van der Waals surface area contributed by atoms with Crippen LogP contribution in [0.15, 0.2) is 47.4 Å². The van der Waals surface area contributed by atoms with Crippen molar-refractivity contribution in [2.45, 2.75) is 51.0 Å². The van der Waals surface area contributed by atoms with E-state index in [1.807, 2.05) is 19.1 Å². The van der Waals surface area contributed by atoms with E-state index >= 15 is 0 Å². The molecular formula is C22H26N2O2S. The summed E-state index contributed by atoms with van der Waals surface area (Å²) in [4.78, 5) is 3.86. The maximum atomic E-state index is 13.1. The maximum Gasteiger partial charge on any atom is 0.243 e. The molecule has 27 heavy (non-hydrogen) atoms. The van der Waals surface area contributed by atoms with E-state index in [2.05, 4.69) is 44.0 Å². The van der Waals surface area contributed by atoms with E-state index in [9.17, 15) is 8.42 Å². The molecule has 5 heteroatoms. The number of hydrogen-bond donors (Lipinski definition) is 1. The molecule has 1 aliphatic heterocycles. The van der Waals surface area contributed by atoms with Gasteiger partial charge < -0.3 is 4.98 Å². The third-order valence-electron chi connectivity index (χ3n) is 5.46. The predicted octanol–water partition coefficient (Wildman–Crippen LogP) is 4.52. The van der Waals surface area contributed by atoms with Crippen LogP contribution in [0, 0.1) is 6.92 Å². The SMILES string of the molecule is Cc1ccc(S(=O)(=O)N2CCc3[nH]c4ccc(C(C)(C)C)cc4c3C2)cc1. The third kappa shape index (κ3) is 3.19. The Hall–Kier alpha value is -2.11. The lowest BCUT2D eigenvalue weighted by Crippen LogP contribution is -2.35. The average molecular weight is 383 g/mol. The number of nitrogens with one attached hydrogen (secondary N) is 1. The second-order valence-corrected chi connectivity index (χ2v) is 10.4. The number of sulfonamides is 1. The summed E-state index contributed by atoms with van der Waals surface area (Å²) in [6, 6.07) is 13.6. The molecule has 4 rings (SSSR count). The summed E-state index contributed by atoms with van der Waals surface area (Å²) >= 11 is 0. The van der Waals surface area contributed by atoms with E-state index in [-0.39, 0.29) is 5.41 Å². The highest BCUT2D eigenvalue weighted by Crippen LogP contribution is 2.33. The van der Waals surface area contributed by atoms with Crippen LogP contribution in [0.2, 0.25) is 0 Å². The van der Waals surface area contributed by atoms with Crippen LogP contribution in [-0.2, 0) is 28.4 Å². The molecule has 0 radical (unpaired) electrons. The first-order valence-electron chi connectivity index (χ1n) is 9.37. The number of nitrogens with zero attached hydrogens (tertiary/aromatic N) is 1. The van der Waals surface area contributed by atoms with Crippen LogP contribution in [0.25, 0.3) is 10.9 Å². The van der Waals surface area contributed by atoms with Crippen molar-refractivity contribution in [3.8, 4) is 0 Å². The highest BCUT2D eigenvalue weighted by atomic mass is 32.2. The molecule has 0 fully saturated rings. The van der Waals surface area contributed by atoms with E-state index in [0.29, 0.717) is 24.4 Å². The molecule has 0 bridgehead atoms. The Bertz CT molecular complexity index is 1100. The number of aromatic nitrogens is 1. The van der Waals surface area contributed by atoms with Crippen molar-refractivity contribution in [3.63, 3.8) is 0 Å². The van der Waals surface area contributed by atoms with Crippen LogP contribution in [0.3, 0.4) is 0 Å². The van der Waals surface area contributed by atoms with Gasteiger partial charge in [-0.15, -0.1) is 0 Å². The zero-order valence-electron chi connectivity index (χ0n) is 16.3. The normalized spacial score (nSPS) is 15.9. The molecule has 0 amide bonds. The lowest BCUT2D eigenvalue weighted by Gasteiger charge is -2.27. The lowest BCUT2D eigenvalue weighted by atomic mass is 9.86. The Labute approximate surface area is 161 Å². The van der Waals surface area contributed by atoms with Crippen molar-refractivity contribution in [1.29, 1.82) is 0 Å². The van der Waals surface area contributed by atoms with Crippen LogP contribution in [0.4, 0.5) is 0 Å². The minimum absolute atomic E-state index is 0.0562. The standard InChI is InChI=1S/C22H26N2O2S/c1-15-5-8-17(9-6-15)27(25,26)24-12-11-21-19(14-24)18-13-16(22(2,3)4)7-10-20(18)23-21/h5-10,13,23H,11-12,14H2,1-4H3. The minimum Gasteiger partial charge on any atom is -0.358 e. The molecule has 1 aromatic heterocycles. The van der Waals surface area contributed by atoms with Gasteiger partial charge in [0.15, 0.2) is 0 Å². The first-order chi connectivity index (χ1) is 12.7. The van der Waals surface area contributed by atoms with Crippen LogP contribution in [0.5, 0.6) is 0 Å². The molecule has 0 spiro atoms. The van der Waals surface area contributed by atoms with Gasteiger partial charge in [0.1, 0.15) is 0 Å². The number of hydrogen-bond acceptors (Lipinski definition) is 2. The van der Waals surface area contributed by atoms with Gasteiger partial charge in [-0.05, 0) is 47.7 Å². The molecule has 0 saturated carbocycles. The highest BCUT2D eigenvalue weighted by Gasteiger charge is 2.30. The Morgan fingerprint density at radius 2 is 1.74 bits per heavy atom. The summed E-state index contributed by atoms with van der Waals surface area (Å²) < 4.78 is 27.8. The molecule has 2 heterocycles. The first kappa shape index (κ1) is 18.3. The summed E-state index contributed by atoms with van der Waals surface area (Å²) in [6.07, 6.45) is 0.708. The molecule has 0 aliphatic carbocycles. The van der Waals surface area contributed by atoms with Crippen LogP contribution in [0.1, 0.15) is 43.2 Å². The second kappa shape index (κ2) is 6.21. The summed E-state index contributed by atoms with van der Waals surface area (Å²) in [7, 11) is -3.49. The number of aromatic amines is 1. The number of aryl methyl sites for hydroxylation is 1. The van der Waals surface area contributed by atoms with E-state index in [0.717, 1.165) is 27.7 Å². The van der Waals surface area contributed by atoms with Crippen molar-refractivity contribution < 1.29 is 8.42 Å². The number of rotatable bonds is 2. The van der Waals surface area contributed by atoms with Crippen molar-refractivity contribution in [3.05, 3.63) is 64.8 Å². The minimum atomic E-state index is -3.49. The van der Waals surface area contributed by atoms with Crippen molar-refractivity contribution >= 4 is 20.9 Å². The third-order valence-corrected chi connectivity index (χ3v) is 7.32. The Morgan fingerprint density at radius 3 is 2.41 bits per heavy atom. The van der Waals surface area contributed by atoms with Gasteiger partial charge in [-0.25, -0.2) is 8.42 Å². The van der Waals surface area contributed by atoms with E-state index in [4.69, 9.17) is 0 Å². The van der Waals surface area contributed by atoms with Crippen LogP contribution in [-0.4, -0.2) is 24.3 Å². The quantitative estimate of drug-likeness (QED) is 0.708. The fourth-order valence-corrected chi connectivity index (χ4v) is 5.13. The summed E-state index contributed by atoms with van der Waals surface area (Å²) in [6.45, 7) is 9.47. The largest absolute Gasteiger partial charge is 0.358 e. The molecule has 1 N–H and O–H groups in total. The summed E-state index contributed by atoms with van der Waals surface area (Å²) in [5.41, 5.74) is 5.73. The summed E-state index contributed by atoms with van der Waals surface area (Å²) in [5, 5.41) is 1.14. The lowest BCUT2D eigenvalue weighted by molar-refractivity contribution is 0.391. The van der Waals surface area contributed by atoms with E-state index in [1.165, 1.54) is 5.56 Å². The molecule has 0 atom stereocenters. The molecule has 4 nitrogen and oxygen atoms in total. The monoisotopic (exact) mass is 382 g/mol. The van der Waals surface area contributed by atoms with Crippen molar-refractivity contribution in [1.82, 2.24) is 9.29 Å². The molecule has 142 valence electrons. The Balaban J connectivity index is 1.74. The van der Waals surface area contributed by atoms with Gasteiger partial charge in [0.2, 0.25) is 10.0 Å². The van der Waals surface area contributed by atoms with Gasteiger partial charge in [0.05, 0.1) is 4.90 Å².